The smallest absolute Gasteiger partial charge is 0.156 e. The number of hydrogen-bond donors (Lipinski definition) is 0. The van der Waals surface area contributed by atoms with Gasteiger partial charge in [-0.25, -0.2) is 0 Å². The predicted octanol–water partition coefficient (Wildman–Crippen LogP) is 4.83. The number of rotatable bonds is 11. The molecule has 0 saturated carbocycles. The van der Waals surface area contributed by atoms with Crippen molar-refractivity contribution in [2.75, 3.05) is 20.8 Å². The maximum atomic E-state index is 6.08. The minimum absolute atomic E-state index is 0.179. The van der Waals surface area contributed by atoms with Crippen LogP contribution in [0.25, 0.3) is 0 Å². The molecule has 2 atom stereocenters. The summed E-state index contributed by atoms with van der Waals surface area (Å²) in [7, 11) is 1.71. The van der Waals surface area contributed by atoms with E-state index in [2.05, 4.69) is 74.6 Å². The molecule has 3 nitrogen and oxygen atoms in total. The summed E-state index contributed by atoms with van der Waals surface area (Å²) in [6.45, 7) is 8.59. The molecule has 0 radical (unpaired) electrons. The largest absolute Gasteiger partial charge is 0.376 e. The molecule has 2 aromatic carbocycles. The van der Waals surface area contributed by atoms with Crippen LogP contribution in [0.5, 0.6) is 0 Å². The van der Waals surface area contributed by atoms with Gasteiger partial charge in [0, 0.05) is 20.8 Å². The Labute approximate surface area is 165 Å². The molecule has 2 aromatic rings. The Kier molecular flexibility index (Phi) is 8.70. The highest BCUT2D eigenvalue weighted by molar-refractivity contribution is 6.91. The van der Waals surface area contributed by atoms with Crippen LogP contribution in [0.4, 0.5) is 0 Å². The maximum Gasteiger partial charge on any atom is 0.156 e. The van der Waals surface area contributed by atoms with Gasteiger partial charge in [0.05, 0.1) is 14.7 Å². The molecule has 0 N–H and O–H groups in total. The van der Waals surface area contributed by atoms with Gasteiger partial charge in [-0.05, 0) is 23.4 Å². The summed E-state index contributed by atoms with van der Waals surface area (Å²) < 4.78 is 17.2. The van der Waals surface area contributed by atoms with E-state index in [4.69, 9.17) is 14.2 Å². The Morgan fingerprint density at radius 1 is 0.852 bits per heavy atom. The van der Waals surface area contributed by atoms with Crippen LogP contribution in [0.1, 0.15) is 18.9 Å². The number of ether oxygens (including phenoxy) is 3. The van der Waals surface area contributed by atoms with Gasteiger partial charge in [-0.2, -0.15) is 0 Å². The van der Waals surface area contributed by atoms with Crippen molar-refractivity contribution < 1.29 is 14.2 Å². The molecule has 0 unspecified atom stereocenters. The van der Waals surface area contributed by atoms with E-state index >= 15 is 0 Å². The van der Waals surface area contributed by atoms with Gasteiger partial charge >= 0.3 is 0 Å². The van der Waals surface area contributed by atoms with Crippen molar-refractivity contribution in [2.24, 2.45) is 5.92 Å². The molecule has 0 aromatic heterocycles. The third-order valence-corrected chi connectivity index (χ3v) is 10.1. The molecule has 0 spiro atoms. The van der Waals surface area contributed by atoms with Crippen LogP contribution >= 0.6 is 0 Å². The monoisotopic (exact) mass is 386 g/mol. The second kappa shape index (κ2) is 10.8. The second-order valence-corrected chi connectivity index (χ2v) is 12.6. The van der Waals surface area contributed by atoms with Crippen molar-refractivity contribution >= 4 is 13.3 Å². The van der Waals surface area contributed by atoms with Crippen LogP contribution < -0.4 is 5.19 Å². The van der Waals surface area contributed by atoms with Crippen molar-refractivity contribution in [1.29, 1.82) is 0 Å². The molecule has 0 saturated heterocycles. The quantitative estimate of drug-likeness (QED) is 0.409. The van der Waals surface area contributed by atoms with Crippen molar-refractivity contribution in [1.82, 2.24) is 0 Å². The lowest BCUT2D eigenvalue weighted by atomic mass is 10.1. The first-order chi connectivity index (χ1) is 13.0. The van der Waals surface area contributed by atoms with Gasteiger partial charge in [0.1, 0.15) is 0 Å². The Morgan fingerprint density at radius 2 is 1.41 bits per heavy atom. The molecular weight excluding hydrogens is 352 g/mol. The molecule has 0 aliphatic rings. The Bertz CT molecular complexity index is 641. The lowest BCUT2D eigenvalue weighted by Gasteiger charge is -2.38. The summed E-state index contributed by atoms with van der Waals surface area (Å²) in [5.41, 5.74) is 1.70. The summed E-state index contributed by atoms with van der Waals surface area (Å²) >= 11 is 0. The molecule has 0 aliphatic heterocycles. The van der Waals surface area contributed by atoms with E-state index in [0.29, 0.717) is 18.1 Å². The van der Waals surface area contributed by atoms with Gasteiger partial charge in [-0.1, -0.05) is 85.9 Å². The van der Waals surface area contributed by atoms with Crippen molar-refractivity contribution in [2.45, 2.75) is 44.9 Å². The molecule has 0 bridgehead atoms. The fourth-order valence-corrected chi connectivity index (χ4v) is 7.65. The minimum atomic E-state index is -1.74. The van der Waals surface area contributed by atoms with E-state index in [-0.39, 0.29) is 6.29 Å². The van der Waals surface area contributed by atoms with E-state index in [9.17, 15) is 0 Å². The zero-order chi connectivity index (χ0) is 19.7. The van der Waals surface area contributed by atoms with Crippen LogP contribution in [0.15, 0.2) is 60.7 Å². The SMILES string of the molecule is COC(C[C@@H]([C@@H](C)COCc1ccccc1)[Si](C)(C)c1ccccc1)OC. The third kappa shape index (κ3) is 6.28. The molecule has 0 amide bonds. The Balaban J connectivity index is 2.10. The molecule has 0 heterocycles. The summed E-state index contributed by atoms with van der Waals surface area (Å²) in [5, 5.41) is 1.47. The molecule has 0 aliphatic carbocycles. The van der Waals surface area contributed by atoms with Crippen molar-refractivity contribution in [3.63, 3.8) is 0 Å². The number of hydrogen-bond acceptors (Lipinski definition) is 3. The zero-order valence-electron chi connectivity index (χ0n) is 17.4. The van der Waals surface area contributed by atoms with Crippen LogP contribution in [0, 0.1) is 5.92 Å². The highest BCUT2D eigenvalue weighted by Gasteiger charge is 2.38. The first kappa shape index (κ1) is 21.8. The van der Waals surface area contributed by atoms with Gasteiger partial charge in [-0.15, -0.1) is 0 Å². The summed E-state index contributed by atoms with van der Waals surface area (Å²) in [6, 6.07) is 21.3. The molecule has 148 valence electrons. The van der Waals surface area contributed by atoms with E-state index in [1.165, 1.54) is 10.8 Å². The van der Waals surface area contributed by atoms with Crippen LogP contribution in [-0.2, 0) is 20.8 Å². The van der Waals surface area contributed by atoms with E-state index in [1.807, 2.05) is 6.07 Å². The predicted molar refractivity (Wildman–Crippen MR) is 115 cm³/mol. The highest BCUT2D eigenvalue weighted by atomic mass is 28.3. The van der Waals surface area contributed by atoms with Crippen LogP contribution in [-0.4, -0.2) is 35.2 Å². The zero-order valence-corrected chi connectivity index (χ0v) is 18.4. The van der Waals surface area contributed by atoms with Gasteiger partial charge in [0.25, 0.3) is 0 Å². The van der Waals surface area contributed by atoms with Gasteiger partial charge in [0.15, 0.2) is 6.29 Å². The Hall–Kier alpha value is -1.46. The third-order valence-electron chi connectivity index (χ3n) is 5.60. The summed E-state index contributed by atoms with van der Waals surface area (Å²) in [5.74, 6) is 0.420. The first-order valence-electron chi connectivity index (χ1n) is 9.71. The highest BCUT2D eigenvalue weighted by Crippen LogP contribution is 2.35. The normalized spacial score (nSPS) is 14.3. The van der Waals surface area contributed by atoms with E-state index in [1.54, 1.807) is 14.2 Å². The molecule has 2 rings (SSSR count). The Morgan fingerprint density at radius 3 is 1.96 bits per heavy atom. The van der Waals surface area contributed by atoms with Gasteiger partial charge < -0.3 is 14.2 Å². The lowest BCUT2D eigenvalue weighted by molar-refractivity contribution is -0.109. The van der Waals surface area contributed by atoms with Crippen LogP contribution in [0.2, 0.25) is 18.6 Å². The van der Waals surface area contributed by atoms with E-state index in [0.717, 1.165) is 13.0 Å². The van der Waals surface area contributed by atoms with Crippen molar-refractivity contribution in [3.8, 4) is 0 Å². The average molecular weight is 387 g/mol. The average Bonchev–Trinajstić information content (AvgIpc) is 2.70. The fourth-order valence-electron chi connectivity index (χ4n) is 3.87. The van der Waals surface area contributed by atoms with Gasteiger partial charge in [0.2, 0.25) is 0 Å². The minimum Gasteiger partial charge on any atom is -0.376 e. The summed E-state index contributed by atoms with van der Waals surface area (Å²) in [4.78, 5) is 0. The lowest BCUT2D eigenvalue weighted by Crippen LogP contribution is -2.49. The molecule has 4 heteroatoms. The topological polar surface area (TPSA) is 27.7 Å². The number of methoxy groups -OCH3 is 2. The standard InChI is InChI=1S/C23H34O3Si/c1-19(17-26-18-20-12-8-6-9-13-20)22(16-23(24-2)25-3)27(4,5)21-14-10-7-11-15-21/h6-15,19,22-23H,16-18H2,1-5H3/t19-,22-/m0/s1. The fraction of sp³-hybridized carbons (Fsp3) is 0.478. The molecule has 0 fully saturated rings. The first-order valence-corrected chi connectivity index (χ1v) is 12.8. The second-order valence-electron chi connectivity index (χ2n) is 7.81. The van der Waals surface area contributed by atoms with Crippen molar-refractivity contribution in [3.05, 3.63) is 66.2 Å². The van der Waals surface area contributed by atoms with E-state index < -0.39 is 8.07 Å². The molecule has 27 heavy (non-hydrogen) atoms. The van der Waals surface area contributed by atoms with Crippen LogP contribution in [0.3, 0.4) is 0 Å². The van der Waals surface area contributed by atoms with Gasteiger partial charge in [-0.3, -0.25) is 0 Å². The summed E-state index contributed by atoms with van der Waals surface area (Å²) in [6.07, 6.45) is 0.707. The number of benzene rings is 2. The molecular formula is C23H34O3Si. The maximum absolute atomic E-state index is 6.08.